The van der Waals surface area contributed by atoms with Crippen LogP contribution in [0.3, 0.4) is 0 Å². The number of anilines is 1. The summed E-state index contributed by atoms with van der Waals surface area (Å²) in [6.07, 6.45) is 6.09. The lowest BCUT2D eigenvalue weighted by Crippen LogP contribution is -2.35. The van der Waals surface area contributed by atoms with Gasteiger partial charge in [0.15, 0.2) is 0 Å². The van der Waals surface area contributed by atoms with Crippen molar-refractivity contribution in [2.45, 2.75) is 39.7 Å². The number of rotatable bonds is 9. The summed E-state index contributed by atoms with van der Waals surface area (Å²) in [4.78, 5) is 16.2. The molecule has 0 unspecified atom stereocenters. The number of carbonyl (C=O) groups excluding carboxylic acids is 1. The molecule has 1 N–H and O–H groups in total. The third kappa shape index (κ3) is 5.79. The van der Waals surface area contributed by atoms with Crippen LogP contribution in [-0.4, -0.2) is 32.1 Å². The maximum absolute atomic E-state index is 12.4. The molecule has 0 saturated heterocycles. The van der Waals surface area contributed by atoms with Crippen LogP contribution >= 0.6 is 0 Å². The van der Waals surface area contributed by atoms with Crippen LogP contribution < -0.4 is 9.62 Å². The Morgan fingerprint density at radius 1 is 1.11 bits per heavy atom. The van der Waals surface area contributed by atoms with Crippen molar-refractivity contribution in [2.24, 2.45) is 0 Å². The van der Waals surface area contributed by atoms with Crippen LogP contribution in [0.4, 0.5) is 5.69 Å². The van der Waals surface area contributed by atoms with Crippen LogP contribution in [0.5, 0.6) is 0 Å². The van der Waals surface area contributed by atoms with Crippen molar-refractivity contribution in [1.82, 2.24) is 10.3 Å². The summed E-state index contributed by atoms with van der Waals surface area (Å²) in [7, 11) is -3.50. The molecule has 1 aromatic heterocycles. The molecule has 2 aromatic rings. The average Bonchev–Trinajstić information content (AvgIpc) is 2.66. The lowest BCUT2D eigenvalue weighted by atomic mass is 10.0. The van der Waals surface area contributed by atoms with E-state index in [1.54, 1.807) is 18.5 Å². The molecular weight excluding hydrogens is 362 g/mol. The van der Waals surface area contributed by atoms with E-state index in [0.717, 1.165) is 29.5 Å². The first kappa shape index (κ1) is 20.9. The number of para-hydroxylation sites is 1. The number of hydrogen-bond acceptors (Lipinski definition) is 4. The van der Waals surface area contributed by atoms with E-state index < -0.39 is 10.0 Å². The lowest BCUT2D eigenvalue weighted by Gasteiger charge is -2.27. The minimum atomic E-state index is -3.50. The van der Waals surface area contributed by atoms with E-state index in [1.165, 1.54) is 10.6 Å². The maximum Gasteiger partial charge on any atom is 0.232 e. The number of benzene rings is 1. The smallest absolute Gasteiger partial charge is 0.232 e. The van der Waals surface area contributed by atoms with Gasteiger partial charge in [-0.1, -0.05) is 38.1 Å². The van der Waals surface area contributed by atoms with Gasteiger partial charge in [-0.15, -0.1) is 0 Å². The summed E-state index contributed by atoms with van der Waals surface area (Å²) in [5.41, 5.74) is 3.55. The van der Waals surface area contributed by atoms with E-state index in [-0.39, 0.29) is 18.9 Å². The van der Waals surface area contributed by atoms with Crippen LogP contribution in [0.1, 0.15) is 37.0 Å². The molecule has 27 heavy (non-hydrogen) atoms. The molecule has 2 rings (SSSR count). The van der Waals surface area contributed by atoms with Gasteiger partial charge in [0.2, 0.25) is 15.9 Å². The minimum Gasteiger partial charge on any atom is -0.352 e. The molecule has 0 fully saturated rings. The Morgan fingerprint density at radius 2 is 1.78 bits per heavy atom. The highest BCUT2D eigenvalue weighted by atomic mass is 32.2. The zero-order valence-corrected chi connectivity index (χ0v) is 16.9. The summed E-state index contributed by atoms with van der Waals surface area (Å²) < 4.78 is 26.3. The Bertz CT molecular complexity index is 845. The summed E-state index contributed by atoms with van der Waals surface area (Å²) >= 11 is 0. The molecule has 1 heterocycles. The Labute approximate surface area is 161 Å². The second kappa shape index (κ2) is 9.50. The molecule has 6 nitrogen and oxygen atoms in total. The third-order valence-corrected chi connectivity index (χ3v) is 5.53. The van der Waals surface area contributed by atoms with Gasteiger partial charge in [-0.05, 0) is 35.6 Å². The molecule has 146 valence electrons. The molecule has 0 aliphatic carbocycles. The molecule has 0 aliphatic rings. The monoisotopic (exact) mass is 389 g/mol. The highest BCUT2D eigenvalue weighted by Gasteiger charge is 2.23. The average molecular weight is 390 g/mol. The first-order valence-corrected chi connectivity index (χ1v) is 11.0. The SMILES string of the molecule is CCc1cccc(CC)c1N(CCC(=O)NCc1cccnc1)S(C)(=O)=O. The summed E-state index contributed by atoms with van der Waals surface area (Å²) in [5, 5.41) is 2.81. The van der Waals surface area contributed by atoms with Crippen molar-refractivity contribution in [1.29, 1.82) is 0 Å². The van der Waals surface area contributed by atoms with Gasteiger partial charge in [0.25, 0.3) is 0 Å². The quantitative estimate of drug-likeness (QED) is 0.715. The number of carbonyl (C=O) groups is 1. The third-order valence-electron chi connectivity index (χ3n) is 4.37. The summed E-state index contributed by atoms with van der Waals surface area (Å²) in [5.74, 6) is -0.195. The van der Waals surface area contributed by atoms with Crippen molar-refractivity contribution in [3.8, 4) is 0 Å². The van der Waals surface area contributed by atoms with Crippen molar-refractivity contribution < 1.29 is 13.2 Å². The van der Waals surface area contributed by atoms with Crippen LogP contribution in [0.15, 0.2) is 42.7 Å². The number of amides is 1. The summed E-state index contributed by atoms with van der Waals surface area (Å²) in [6.45, 7) is 4.48. The maximum atomic E-state index is 12.4. The van der Waals surface area contributed by atoms with E-state index in [2.05, 4.69) is 10.3 Å². The topological polar surface area (TPSA) is 79.4 Å². The van der Waals surface area contributed by atoms with Crippen LogP contribution in [0.2, 0.25) is 0 Å². The molecule has 0 radical (unpaired) electrons. The van der Waals surface area contributed by atoms with Gasteiger partial charge in [0, 0.05) is 31.9 Å². The predicted molar refractivity (Wildman–Crippen MR) is 108 cm³/mol. The first-order chi connectivity index (χ1) is 12.9. The predicted octanol–water partition coefficient (Wildman–Crippen LogP) is 2.68. The van der Waals surface area contributed by atoms with Gasteiger partial charge in [0.05, 0.1) is 11.9 Å². The highest BCUT2D eigenvalue weighted by Crippen LogP contribution is 2.29. The molecule has 0 saturated carbocycles. The van der Waals surface area contributed by atoms with E-state index in [0.29, 0.717) is 12.2 Å². The Kier molecular flexibility index (Phi) is 7.36. The molecule has 0 spiro atoms. The normalized spacial score (nSPS) is 11.2. The van der Waals surface area contributed by atoms with Crippen LogP contribution in [0.25, 0.3) is 0 Å². The lowest BCUT2D eigenvalue weighted by molar-refractivity contribution is -0.121. The van der Waals surface area contributed by atoms with E-state index in [9.17, 15) is 13.2 Å². The first-order valence-electron chi connectivity index (χ1n) is 9.10. The fourth-order valence-electron chi connectivity index (χ4n) is 2.97. The van der Waals surface area contributed by atoms with Gasteiger partial charge in [-0.25, -0.2) is 8.42 Å². The van der Waals surface area contributed by atoms with Crippen LogP contribution in [-0.2, 0) is 34.2 Å². The van der Waals surface area contributed by atoms with E-state index in [4.69, 9.17) is 0 Å². The second-order valence-electron chi connectivity index (χ2n) is 6.36. The van der Waals surface area contributed by atoms with Crippen molar-refractivity contribution in [2.75, 3.05) is 17.1 Å². The van der Waals surface area contributed by atoms with E-state index >= 15 is 0 Å². The molecular formula is C20H27N3O3S. The zero-order valence-electron chi connectivity index (χ0n) is 16.1. The second-order valence-corrected chi connectivity index (χ2v) is 8.26. The molecule has 1 amide bonds. The van der Waals surface area contributed by atoms with Gasteiger partial charge in [-0.3, -0.25) is 14.1 Å². The number of nitrogens with one attached hydrogen (secondary N) is 1. The largest absolute Gasteiger partial charge is 0.352 e. The van der Waals surface area contributed by atoms with Crippen molar-refractivity contribution >= 4 is 21.6 Å². The molecule has 0 atom stereocenters. The van der Waals surface area contributed by atoms with Crippen LogP contribution in [0, 0.1) is 0 Å². The van der Waals surface area contributed by atoms with Crippen molar-refractivity contribution in [3.05, 3.63) is 59.4 Å². The van der Waals surface area contributed by atoms with Gasteiger partial charge >= 0.3 is 0 Å². The zero-order chi connectivity index (χ0) is 19.9. The van der Waals surface area contributed by atoms with Gasteiger partial charge in [0.1, 0.15) is 0 Å². The van der Waals surface area contributed by atoms with Gasteiger partial charge < -0.3 is 5.32 Å². The fourth-order valence-corrected chi connectivity index (χ4v) is 3.96. The Balaban J connectivity index is 2.14. The van der Waals surface area contributed by atoms with Gasteiger partial charge in [-0.2, -0.15) is 0 Å². The molecule has 7 heteroatoms. The number of aromatic nitrogens is 1. The molecule has 0 bridgehead atoms. The number of nitrogens with zero attached hydrogens (tertiary/aromatic N) is 2. The Morgan fingerprint density at radius 3 is 2.30 bits per heavy atom. The number of sulfonamides is 1. The number of pyridine rings is 1. The molecule has 0 aliphatic heterocycles. The Hall–Kier alpha value is -2.41. The molecule has 1 aromatic carbocycles. The minimum absolute atomic E-state index is 0.0918. The number of hydrogen-bond donors (Lipinski definition) is 1. The fraction of sp³-hybridized carbons (Fsp3) is 0.400. The summed E-state index contributed by atoms with van der Waals surface area (Å²) in [6, 6.07) is 9.51. The highest BCUT2D eigenvalue weighted by molar-refractivity contribution is 7.92. The number of aryl methyl sites for hydroxylation is 2. The van der Waals surface area contributed by atoms with Crippen molar-refractivity contribution in [3.63, 3.8) is 0 Å². The standard InChI is InChI=1S/C20H27N3O3S/c1-4-17-9-6-10-18(5-2)20(17)23(27(3,25)26)13-11-19(24)22-15-16-8-7-12-21-14-16/h6-10,12,14H,4-5,11,13,15H2,1-3H3,(H,22,24). The van der Waals surface area contributed by atoms with E-state index in [1.807, 2.05) is 38.1 Å².